The van der Waals surface area contributed by atoms with Crippen molar-refractivity contribution in [2.45, 2.75) is 38.5 Å². The third kappa shape index (κ3) is 2.03. The fourth-order valence-electron chi connectivity index (χ4n) is 5.12. The summed E-state index contributed by atoms with van der Waals surface area (Å²) in [5.41, 5.74) is -0.126. The fourth-order valence-corrected chi connectivity index (χ4v) is 5.28. The van der Waals surface area contributed by atoms with E-state index in [4.69, 9.17) is 11.6 Å². The van der Waals surface area contributed by atoms with Crippen LogP contribution in [-0.2, 0) is 4.79 Å². The highest BCUT2D eigenvalue weighted by Gasteiger charge is 2.54. The number of nitrogens with zero attached hydrogens (tertiary/aromatic N) is 1. The van der Waals surface area contributed by atoms with Crippen LogP contribution in [0.25, 0.3) is 0 Å². The van der Waals surface area contributed by atoms with Crippen molar-refractivity contribution in [1.29, 1.82) is 0 Å². The van der Waals surface area contributed by atoms with E-state index < -0.39 is 0 Å². The van der Waals surface area contributed by atoms with Crippen molar-refractivity contribution < 1.29 is 4.79 Å². The van der Waals surface area contributed by atoms with E-state index in [-0.39, 0.29) is 11.3 Å². The first-order valence-electron chi connectivity index (χ1n) is 7.57. The molecule has 0 unspecified atom stereocenters. The molecule has 4 aliphatic carbocycles. The van der Waals surface area contributed by atoms with Crippen molar-refractivity contribution in [2.24, 2.45) is 23.2 Å². The number of carbonyl (C=O) groups is 1. The monoisotopic (exact) mass is 290 g/mol. The van der Waals surface area contributed by atoms with E-state index in [0.29, 0.717) is 11.0 Å². The van der Waals surface area contributed by atoms with E-state index in [0.717, 1.165) is 37.0 Å². The van der Waals surface area contributed by atoms with Gasteiger partial charge in [-0.25, -0.2) is 4.98 Å². The predicted molar refractivity (Wildman–Crippen MR) is 78.5 cm³/mol. The summed E-state index contributed by atoms with van der Waals surface area (Å²) in [5.74, 6) is 3.09. The van der Waals surface area contributed by atoms with Crippen LogP contribution in [0, 0.1) is 23.2 Å². The van der Waals surface area contributed by atoms with Gasteiger partial charge in [-0.15, -0.1) is 0 Å². The van der Waals surface area contributed by atoms with Gasteiger partial charge in [-0.1, -0.05) is 17.7 Å². The van der Waals surface area contributed by atoms with Gasteiger partial charge in [-0.05, 0) is 68.4 Å². The highest BCUT2D eigenvalue weighted by Crippen LogP contribution is 2.60. The Morgan fingerprint density at radius 2 is 1.75 bits per heavy atom. The number of pyridine rings is 1. The molecule has 1 heterocycles. The van der Waals surface area contributed by atoms with Crippen molar-refractivity contribution in [2.75, 3.05) is 5.32 Å². The molecule has 106 valence electrons. The Bertz CT molecular complexity index is 522. The predicted octanol–water partition coefficient (Wildman–Crippen LogP) is 3.89. The maximum atomic E-state index is 12.8. The van der Waals surface area contributed by atoms with Crippen LogP contribution < -0.4 is 5.32 Å². The molecule has 0 aromatic carbocycles. The lowest BCUT2D eigenvalue weighted by Gasteiger charge is -2.55. The molecule has 0 aliphatic heterocycles. The van der Waals surface area contributed by atoms with Crippen LogP contribution in [-0.4, -0.2) is 10.9 Å². The van der Waals surface area contributed by atoms with E-state index >= 15 is 0 Å². The maximum absolute atomic E-state index is 12.8. The minimum absolute atomic E-state index is 0.126. The molecule has 0 spiro atoms. The Labute approximate surface area is 124 Å². The summed E-state index contributed by atoms with van der Waals surface area (Å²) in [4.78, 5) is 17.0. The molecule has 0 saturated heterocycles. The van der Waals surface area contributed by atoms with Gasteiger partial charge >= 0.3 is 0 Å². The number of carbonyl (C=O) groups excluding carboxylic acids is 1. The van der Waals surface area contributed by atoms with E-state index in [9.17, 15) is 4.79 Å². The van der Waals surface area contributed by atoms with Crippen molar-refractivity contribution in [1.82, 2.24) is 4.98 Å². The van der Waals surface area contributed by atoms with Crippen molar-refractivity contribution in [3.63, 3.8) is 0 Å². The summed E-state index contributed by atoms with van der Waals surface area (Å²) in [5, 5.41) is 3.43. The van der Waals surface area contributed by atoms with Gasteiger partial charge in [-0.3, -0.25) is 4.79 Å². The Morgan fingerprint density at radius 1 is 1.15 bits per heavy atom. The maximum Gasteiger partial charge on any atom is 0.231 e. The van der Waals surface area contributed by atoms with Crippen molar-refractivity contribution >= 4 is 23.3 Å². The van der Waals surface area contributed by atoms with Gasteiger partial charge in [0.1, 0.15) is 11.0 Å². The van der Waals surface area contributed by atoms with Crippen LogP contribution in [0.5, 0.6) is 0 Å². The van der Waals surface area contributed by atoms with Gasteiger partial charge in [-0.2, -0.15) is 0 Å². The van der Waals surface area contributed by atoms with Crippen LogP contribution >= 0.6 is 11.6 Å². The second-order valence-electron chi connectivity index (χ2n) is 7.00. The normalized spacial score (nSPS) is 38.0. The first-order valence-corrected chi connectivity index (χ1v) is 7.95. The summed E-state index contributed by atoms with van der Waals surface area (Å²) in [6.07, 6.45) is 7.27. The van der Waals surface area contributed by atoms with Gasteiger partial charge in [0.2, 0.25) is 5.91 Å². The molecule has 20 heavy (non-hydrogen) atoms. The fraction of sp³-hybridized carbons (Fsp3) is 0.625. The highest BCUT2D eigenvalue weighted by atomic mass is 35.5. The average Bonchev–Trinajstić information content (AvgIpc) is 2.37. The van der Waals surface area contributed by atoms with Gasteiger partial charge in [0, 0.05) is 0 Å². The van der Waals surface area contributed by atoms with Crippen molar-refractivity contribution in [3.05, 3.63) is 23.4 Å². The zero-order valence-electron chi connectivity index (χ0n) is 11.4. The summed E-state index contributed by atoms with van der Waals surface area (Å²) >= 11 is 5.88. The number of anilines is 1. The number of amides is 1. The molecular formula is C16H19ClN2O. The molecule has 4 heteroatoms. The minimum atomic E-state index is -0.126. The highest BCUT2D eigenvalue weighted by molar-refractivity contribution is 6.29. The molecule has 4 saturated carbocycles. The number of rotatable bonds is 2. The lowest BCUT2D eigenvalue weighted by molar-refractivity contribution is -0.140. The van der Waals surface area contributed by atoms with Crippen molar-refractivity contribution in [3.8, 4) is 0 Å². The molecule has 1 aromatic heterocycles. The summed E-state index contributed by atoms with van der Waals surface area (Å²) in [7, 11) is 0. The first-order chi connectivity index (χ1) is 9.63. The number of halogens is 1. The third-order valence-electron chi connectivity index (χ3n) is 5.48. The van der Waals surface area contributed by atoms with Crippen LogP contribution in [0.1, 0.15) is 38.5 Å². The summed E-state index contributed by atoms with van der Waals surface area (Å²) < 4.78 is 0. The van der Waals surface area contributed by atoms with Gasteiger partial charge in [0.15, 0.2) is 0 Å². The summed E-state index contributed by atoms with van der Waals surface area (Å²) in [6, 6.07) is 5.36. The molecule has 5 rings (SSSR count). The zero-order valence-corrected chi connectivity index (χ0v) is 12.2. The largest absolute Gasteiger partial charge is 0.310 e. The number of aromatic nitrogens is 1. The Kier molecular flexibility index (Phi) is 2.81. The Hall–Kier alpha value is -1.09. The summed E-state index contributed by atoms with van der Waals surface area (Å²) in [6.45, 7) is 0. The third-order valence-corrected chi connectivity index (χ3v) is 5.69. The molecule has 1 aromatic rings. The molecule has 1 N–H and O–H groups in total. The minimum Gasteiger partial charge on any atom is -0.310 e. The lowest BCUT2D eigenvalue weighted by atomic mass is 9.49. The molecule has 4 aliphatic rings. The van der Waals surface area contributed by atoms with Gasteiger partial charge in [0.25, 0.3) is 0 Å². The molecule has 0 atom stereocenters. The number of hydrogen-bond acceptors (Lipinski definition) is 2. The molecule has 4 fully saturated rings. The standard InChI is InChI=1S/C16H19ClN2O/c17-13-2-1-3-14(18-13)19-15(20)16-7-10-4-11(8-16)6-12(5-10)9-16/h1-3,10-12H,4-9H2,(H,18,19,20). The quantitative estimate of drug-likeness (QED) is 0.840. The Balaban J connectivity index is 1.56. The number of hydrogen-bond donors (Lipinski definition) is 1. The molecular weight excluding hydrogens is 272 g/mol. The smallest absolute Gasteiger partial charge is 0.231 e. The van der Waals surface area contributed by atoms with Gasteiger partial charge in [0.05, 0.1) is 5.41 Å². The zero-order chi connectivity index (χ0) is 13.7. The van der Waals surface area contributed by atoms with E-state index in [1.165, 1.54) is 19.3 Å². The van der Waals surface area contributed by atoms with Crippen LogP contribution in [0.3, 0.4) is 0 Å². The molecule has 0 radical (unpaired) electrons. The molecule has 4 bridgehead atoms. The second kappa shape index (κ2) is 4.45. The SMILES string of the molecule is O=C(Nc1cccc(Cl)n1)C12CC3CC(CC(C3)C1)C2. The van der Waals surface area contributed by atoms with E-state index in [2.05, 4.69) is 10.3 Å². The van der Waals surface area contributed by atoms with Crippen LogP contribution in [0.15, 0.2) is 18.2 Å². The average molecular weight is 291 g/mol. The van der Waals surface area contributed by atoms with E-state index in [1.54, 1.807) is 6.07 Å². The molecule has 1 amide bonds. The first kappa shape index (κ1) is 12.6. The topological polar surface area (TPSA) is 42.0 Å². The second-order valence-corrected chi connectivity index (χ2v) is 7.38. The molecule has 3 nitrogen and oxygen atoms in total. The van der Waals surface area contributed by atoms with E-state index in [1.807, 2.05) is 12.1 Å². The van der Waals surface area contributed by atoms with Gasteiger partial charge < -0.3 is 5.32 Å². The number of nitrogens with one attached hydrogen (secondary N) is 1. The Morgan fingerprint density at radius 3 is 2.30 bits per heavy atom. The van der Waals surface area contributed by atoms with Crippen LogP contribution in [0.4, 0.5) is 5.82 Å². The van der Waals surface area contributed by atoms with Crippen LogP contribution in [0.2, 0.25) is 5.15 Å². The lowest BCUT2D eigenvalue weighted by Crippen LogP contribution is -2.51.